The van der Waals surface area contributed by atoms with Crippen molar-refractivity contribution in [3.63, 3.8) is 0 Å². The van der Waals surface area contributed by atoms with Crippen molar-refractivity contribution in [1.29, 1.82) is 0 Å². The first-order chi connectivity index (χ1) is 26.4. The molecule has 3 aliphatic rings. The third-order valence-corrected chi connectivity index (χ3v) is 11.7. The molecule has 8 nitrogen and oxygen atoms in total. The molecule has 300 valence electrons. The highest BCUT2D eigenvalue weighted by atomic mass is 16.6. The number of hydrogen-bond acceptors (Lipinski definition) is 8. The average molecular weight is 765 g/mol. The maximum atomic E-state index is 12.2. The van der Waals surface area contributed by atoms with Gasteiger partial charge in [0.05, 0.1) is 17.3 Å². The van der Waals surface area contributed by atoms with E-state index in [4.69, 9.17) is 19.3 Å². The molecule has 7 rings (SSSR count). The van der Waals surface area contributed by atoms with E-state index in [1.165, 1.54) is 22.8 Å². The lowest BCUT2D eigenvalue weighted by molar-refractivity contribution is -0.168. The molecular formula is C48H60O8. The molecule has 2 heterocycles. The van der Waals surface area contributed by atoms with Crippen LogP contribution in [0.25, 0.3) is 0 Å². The normalized spacial score (nSPS) is 20.6. The van der Waals surface area contributed by atoms with Crippen LogP contribution in [-0.2, 0) is 32.0 Å². The summed E-state index contributed by atoms with van der Waals surface area (Å²) in [5.74, 6) is 2.21. The topological polar surface area (TPSA) is 119 Å². The Balaban J connectivity index is 0.000000168. The number of benzene rings is 4. The number of para-hydroxylation sites is 1. The van der Waals surface area contributed by atoms with E-state index in [9.17, 15) is 19.5 Å². The van der Waals surface area contributed by atoms with Crippen LogP contribution in [0.4, 0.5) is 0 Å². The Labute approximate surface area is 333 Å². The van der Waals surface area contributed by atoms with Crippen molar-refractivity contribution < 1.29 is 38.8 Å². The van der Waals surface area contributed by atoms with Crippen molar-refractivity contribution >= 4 is 17.9 Å². The summed E-state index contributed by atoms with van der Waals surface area (Å²) in [6.45, 7) is 20.1. The fraction of sp³-hybridized carbons (Fsp3) is 0.438. The predicted octanol–water partition coefficient (Wildman–Crippen LogP) is 10.8. The molecular weight excluding hydrogens is 705 g/mol. The molecule has 1 aliphatic carbocycles. The van der Waals surface area contributed by atoms with Crippen LogP contribution in [0.3, 0.4) is 0 Å². The quantitative estimate of drug-likeness (QED) is 0.152. The minimum absolute atomic E-state index is 0.0325. The summed E-state index contributed by atoms with van der Waals surface area (Å²) in [6.07, 6.45) is 3.60. The zero-order chi connectivity index (χ0) is 41.4. The number of carbonyl (C=O) groups is 3. The first kappa shape index (κ1) is 43.6. The predicted molar refractivity (Wildman–Crippen MR) is 220 cm³/mol. The molecule has 5 atom stereocenters. The molecule has 0 aromatic heterocycles. The Morgan fingerprint density at radius 3 is 1.75 bits per heavy atom. The fourth-order valence-electron chi connectivity index (χ4n) is 6.67. The molecule has 0 spiro atoms. The highest BCUT2D eigenvalue weighted by Gasteiger charge is 2.40. The van der Waals surface area contributed by atoms with Gasteiger partial charge in [-0.15, -0.1) is 0 Å². The van der Waals surface area contributed by atoms with Gasteiger partial charge in [0.25, 0.3) is 0 Å². The maximum Gasteiger partial charge on any atom is 0.314 e. The number of carbonyl (C=O) groups excluding carboxylic acids is 3. The van der Waals surface area contributed by atoms with Crippen LogP contribution in [-0.4, -0.2) is 33.7 Å². The molecule has 0 bridgehead atoms. The van der Waals surface area contributed by atoms with Gasteiger partial charge in [0.15, 0.2) is 0 Å². The van der Waals surface area contributed by atoms with Gasteiger partial charge in [-0.05, 0) is 110 Å². The first-order valence-corrected chi connectivity index (χ1v) is 19.8. The molecule has 0 saturated heterocycles. The molecule has 0 amide bonds. The molecule has 0 fully saturated rings. The standard InChI is InChI=1S/C16H22O2.C11H12O3.C11H12O2.C10H14O/c1-5-15(2,3)14(17)18-16(4)10-12-8-6-7-9-13(12)11-16;1-6-7(2)11(13)14-10-4-3-8(12)5-9(6)10;1-7-8(2)11(12)13-10-6-4-3-5-9(7)10;1-3-8(2)9-4-6-10(11)7-5-9/h6-9H,5,10-11H2,1-4H3;3-7,12H,1-2H3;3-8H,1-2H3;4-8,11H,3H2,1-2H3. The van der Waals surface area contributed by atoms with Gasteiger partial charge in [-0.25, -0.2) is 0 Å². The largest absolute Gasteiger partial charge is 0.508 e. The molecule has 2 aliphatic heterocycles. The van der Waals surface area contributed by atoms with Gasteiger partial charge >= 0.3 is 17.9 Å². The summed E-state index contributed by atoms with van der Waals surface area (Å²) in [4.78, 5) is 34.9. The van der Waals surface area contributed by atoms with Gasteiger partial charge in [0.2, 0.25) is 0 Å². The molecule has 56 heavy (non-hydrogen) atoms. The SMILES string of the molecule is CC1C(=O)Oc2ccc(O)cc2C1C.CC1C(=O)Oc2ccccc2C1C.CCC(C)(C)C(=O)OC1(C)Cc2ccccc2C1.CCC(C)c1ccc(O)cc1. The van der Waals surface area contributed by atoms with E-state index < -0.39 is 5.41 Å². The summed E-state index contributed by atoms with van der Waals surface area (Å²) in [7, 11) is 0. The minimum Gasteiger partial charge on any atom is -0.508 e. The van der Waals surface area contributed by atoms with Crippen LogP contribution in [0.5, 0.6) is 23.0 Å². The maximum absolute atomic E-state index is 12.2. The van der Waals surface area contributed by atoms with Crippen LogP contribution in [0.1, 0.15) is 128 Å². The summed E-state index contributed by atoms with van der Waals surface area (Å²) in [5.41, 5.74) is 5.19. The van der Waals surface area contributed by atoms with Gasteiger partial charge in [-0.1, -0.05) is 103 Å². The zero-order valence-electron chi connectivity index (χ0n) is 34.7. The van der Waals surface area contributed by atoms with Gasteiger partial charge in [0.1, 0.15) is 28.6 Å². The average Bonchev–Trinajstić information content (AvgIpc) is 3.53. The highest BCUT2D eigenvalue weighted by molar-refractivity contribution is 5.79. The second-order valence-electron chi connectivity index (χ2n) is 16.4. The Morgan fingerprint density at radius 2 is 1.21 bits per heavy atom. The van der Waals surface area contributed by atoms with Crippen LogP contribution in [0.2, 0.25) is 0 Å². The second kappa shape index (κ2) is 18.7. The molecule has 2 N–H and O–H groups in total. The van der Waals surface area contributed by atoms with Gasteiger partial charge in [-0.2, -0.15) is 0 Å². The Kier molecular flexibility index (Phi) is 14.6. The molecule has 0 saturated carbocycles. The zero-order valence-corrected chi connectivity index (χ0v) is 34.7. The van der Waals surface area contributed by atoms with Crippen molar-refractivity contribution in [1.82, 2.24) is 0 Å². The number of ether oxygens (including phenoxy) is 3. The van der Waals surface area contributed by atoms with Crippen molar-refractivity contribution in [2.24, 2.45) is 17.3 Å². The lowest BCUT2D eigenvalue weighted by Gasteiger charge is -2.30. The van der Waals surface area contributed by atoms with Crippen molar-refractivity contribution in [3.05, 3.63) is 119 Å². The number of rotatable bonds is 5. The smallest absolute Gasteiger partial charge is 0.314 e. The van der Waals surface area contributed by atoms with Gasteiger partial charge in [0, 0.05) is 18.4 Å². The Morgan fingerprint density at radius 1 is 0.732 bits per heavy atom. The van der Waals surface area contributed by atoms with E-state index in [2.05, 4.69) is 32.9 Å². The lowest BCUT2D eigenvalue weighted by atomic mass is 9.86. The van der Waals surface area contributed by atoms with Crippen LogP contribution in [0, 0.1) is 17.3 Å². The van der Waals surface area contributed by atoms with E-state index in [1.54, 1.807) is 24.3 Å². The number of hydrogen-bond donors (Lipinski definition) is 2. The first-order valence-electron chi connectivity index (χ1n) is 19.8. The highest BCUT2D eigenvalue weighted by Crippen LogP contribution is 2.39. The van der Waals surface area contributed by atoms with Crippen molar-refractivity contribution in [2.75, 3.05) is 0 Å². The number of phenols is 2. The monoisotopic (exact) mass is 764 g/mol. The Bertz CT molecular complexity index is 1940. The second-order valence-corrected chi connectivity index (χ2v) is 16.4. The molecule has 5 unspecified atom stereocenters. The van der Waals surface area contributed by atoms with E-state index in [0.29, 0.717) is 17.4 Å². The molecule has 4 aromatic carbocycles. The van der Waals surface area contributed by atoms with Crippen molar-refractivity contribution in [3.8, 4) is 23.0 Å². The third kappa shape index (κ3) is 10.8. The van der Waals surface area contributed by atoms with Gasteiger partial charge in [-0.3, -0.25) is 14.4 Å². The number of phenolic OH excluding ortho intramolecular Hbond substituents is 2. The van der Waals surface area contributed by atoms with Crippen LogP contribution in [0.15, 0.2) is 91.0 Å². The molecule has 8 heteroatoms. The summed E-state index contributed by atoms with van der Waals surface area (Å²) in [6, 6.07) is 28.3. The van der Waals surface area contributed by atoms with Gasteiger partial charge < -0.3 is 24.4 Å². The number of esters is 3. The molecule has 0 radical (unpaired) electrons. The lowest BCUT2D eigenvalue weighted by Crippen LogP contribution is -2.38. The van der Waals surface area contributed by atoms with Crippen LogP contribution < -0.4 is 9.47 Å². The number of aromatic hydroxyl groups is 2. The third-order valence-electron chi connectivity index (χ3n) is 11.7. The van der Waals surface area contributed by atoms with E-state index >= 15 is 0 Å². The number of fused-ring (bicyclic) bond motifs is 3. The van der Waals surface area contributed by atoms with E-state index in [-0.39, 0.29) is 52.9 Å². The fourth-order valence-corrected chi connectivity index (χ4v) is 6.67. The van der Waals surface area contributed by atoms with Crippen molar-refractivity contribution in [2.45, 2.75) is 118 Å². The molecule has 4 aromatic rings. The Hall–Kier alpha value is -5.11. The summed E-state index contributed by atoms with van der Waals surface area (Å²) >= 11 is 0. The van der Waals surface area contributed by atoms with E-state index in [0.717, 1.165) is 42.6 Å². The minimum atomic E-state index is -0.391. The van der Waals surface area contributed by atoms with E-state index in [1.807, 2.05) is 97.0 Å². The summed E-state index contributed by atoms with van der Waals surface area (Å²) < 4.78 is 16.1. The van der Waals surface area contributed by atoms with Crippen LogP contribution >= 0.6 is 0 Å². The summed E-state index contributed by atoms with van der Waals surface area (Å²) in [5, 5.41) is 18.3.